The monoisotopic (exact) mass is 823 g/mol. The molecule has 0 bridgehead atoms. The lowest BCUT2D eigenvalue weighted by Crippen LogP contribution is -2.00. The Morgan fingerprint density at radius 2 is 0.565 bits per heavy atom. The predicted molar refractivity (Wildman–Crippen MR) is 265 cm³/mol. The molecule has 0 aliphatic rings. The van der Waals surface area contributed by atoms with E-state index in [-0.39, 0.29) is 0 Å². The topological polar surface area (TPSA) is 38.7 Å². The molecule has 0 spiro atoms. The third-order valence-electron chi connectivity index (χ3n) is 12.3. The van der Waals surface area contributed by atoms with Crippen LogP contribution in [0.15, 0.2) is 200 Å². The number of rotatable bonds is 5. The van der Waals surface area contributed by atoms with Crippen molar-refractivity contribution in [1.82, 2.24) is 15.0 Å². The largest absolute Gasteiger partial charge is 0.208 e. The molecule has 0 saturated carbocycles. The lowest BCUT2D eigenvalue weighted by molar-refractivity contribution is 1.08. The number of fused-ring (bicyclic) bond motifs is 12. The maximum absolute atomic E-state index is 5.14. The van der Waals surface area contributed by atoms with Gasteiger partial charge in [0.15, 0.2) is 17.5 Å². The molecule has 5 heteroatoms. The van der Waals surface area contributed by atoms with Crippen LogP contribution in [0.25, 0.3) is 129 Å². The molecule has 0 N–H and O–H groups in total. The summed E-state index contributed by atoms with van der Waals surface area (Å²) in [6, 6.07) is 72.3. The Kier molecular flexibility index (Phi) is 7.95. The molecule has 62 heavy (non-hydrogen) atoms. The van der Waals surface area contributed by atoms with Crippen molar-refractivity contribution in [3.63, 3.8) is 0 Å². The fraction of sp³-hybridized carbons (Fsp3) is 0. The summed E-state index contributed by atoms with van der Waals surface area (Å²) in [7, 11) is 0. The van der Waals surface area contributed by atoms with Crippen molar-refractivity contribution in [3.8, 4) is 56.4 Å². The normalized spacial score (nSPS) is 11.9. The zero-order valence-electron chi connectivity index (χ0n) is 33.2. The summed E-state index contributed by atoms with van der Waals surface area (Å²) in [5.41, 5.74) is 7.73. The molecule has 0 radical (unpaired) electrons. The lowest BCUT2D eigenvalue weighted by atomic mass is 9.91. The van der Waals surface area contributed by atoms with Crippen LogP contribution in [-0.4, -0.2) is 15.0 Å². The lowest BCUT2D eigenvalue weighted by Gasteiger charge is -2.12. The van der Waals surface area contributed by atoms with Gasteiger partial charge in [0.05, 0.1) is 0 Å². The fourth-order valence-electron chi connectivity index (χ4n) is 9.28. The highest BCUT2D eigenvalue weighted by atomic mass is 32.1. The van der Waals surface area contributed by atoms with Gasteiger partial charge in [-0.3, -0.25) is 0 Å². The van der Waals surface area contributed by atoms with Crippen molar-refractivity contribution in [2.75, 3.05) is 0 Å². The molecule has 288 valence electrons. The first kappa shape index (κ1) is 35.2. The predicted octanol–water partition coefficient (Wildman–Crippen LogP) is 16.4. The van der Waals surface area contributed by atoms with Gasteiger partial charge in [-0.05, 0) is 91.0 Å². The first-order valence-electron chi connectivity index (χ1n) is 20.8. The molecular weight excluding hydrogens is 791 g/mol. The Balaban J connectivity index is 0.879. The van der Waals surface area contributed by atoms with Crippen LogP contribution in [-0.2, 0) is 0 Å². The number of hydrogen-bond acceptors (Lipinski definition) is 5. The third kappa shape index (κ3) is 5.74. The quantitative estimate of drug-likeness (QED) is 0.162. The highest BCUT2D eigenvalue weighted by Gasteiger charge is 2.17. The van der Waals surface area contributed by atoms with Gasteiger partial charge in [0.1, 0.15) is 0 Å². The average molecular weight is 824 g/mol. The maximum Gasteiger partial charge on any atom is 0.164 e. The molecule has 0 saturated heterocycles. The molecule has 0 atom stereocenters. The van der Waals surface area contributed by atoms with Crippen LogP contribution in [0.5, 0.6) is 0 Å². The van der Waals surface area contributed by atoms with Crippen LogP contribution in [0.4, 0.5) is 0 Å². The molecule has 13 rings (SSSR count). The SMILES string of the molecule is c1ccc(-c2nc(-c3ccc4c(c3)sc3ccccc34)nc(-c3ccc4c(c3)sc3cc(-c5cccc(-c6ccc7c8ccccc8c8ccccc8c7c6)c5)ccc34)n2)cc1. The van der Waals surface area contributed by atoms with Crippen LogP contribution in [0.1, 0.15) is 0 Å². The van der Waals surface area contributed by atoms with E-state index in [0.717, 1.165) is 16.7 Å². The van der Waals surface area contributed by atoms with Gasteiger partial charge >= 0.3 is 0 Å². The molecule has 3 aromatic heterocycles. The van der Waals surface area contributed by atoms with Crippen molar-refractivity contribution in [1.29, 1.82) is 0 Å². The molecular formula is C57H33N3S2. The second-order valence-corrected chi connectivity index (χ2v) is 18.1. The van der Waals surface area contributed by atoms with E-state index < -0.39 is 0 Å². The fourth-order valence-corrected chi connectivity index (χ4v) is 11.6. The van der Waals surface area contributed by atoms with Gasteiger partial charge in [-0.25, -0.2) is 15.0 Å². The molecule has 3 heterocycles. The number of benzene rings is 10. The molecule has 3 nitrogen and oxygen atoms in total. The van der Waals surface area contributed by atoms with Gasteiger partial charge in [0.2, 0.25) is 0 Å². The van der Waals surface area contributed by atoms with Gasteiger partial charge in [0, 0.05) is 57.0 Å². The summed E-state index contributed by atoms with van der Waals surface area (Å²) >= 11 is 3.62. The summed E-state index contributed by atoms with van der Waals surface area (Å²) in [6.07, 6.45) is 0. The number of nitrogens with zero attached hydrogens (tertiary/aromatic N) is 3. The molecule has 0 aliphatic carbocycles. The number of thiophene rings is 2. The Bertz CT molecular complexity index is 3900. The summed E-state index contributed by atoms with van der Waals surface area (Å²) in [5.74, 6) is 2.00. The van der Waals surface area contributed by atoms with Gasteiger partial charge in [-0.15, -0.1) is 22.7 Å². The first-order chi connectivity index (χ1) is 30.7. The molecule has 0 fully saturated rings. The average Bonchev–Trinajstić information content (AvgIpc) is 3.91. The summed E-state index contributed by atoms with van der Waals surface area (Å²) in [6.45, 7) is 0. The second kappa shape index (κ2) is 14.0. The second-order valence-electron chi connectivity index (χ2n) is 15.9. The van der Waals surface area contributed by atoms with E-state index in [2.05, 4.69) is 182 Å². The Morgan fingerprint density at radius 1 is 0.210 bits per heavy atom. The van der Waals surface area contributed by atoms with E-state index in [1.807, 2.05) is 29.5 Å². The van der Waals surface area contributed by atoms with E-state index in [4.69, 9.17) is 15.0 Å². The first-order valence-corrected chi connectivity index (χ1v) is 22.5. The number of hydrogen-bond donors (Lipinski definition) is 0. The Labute approximate surface area is 364 Å². The van der Waals surface area contributed by atoms with Gasteiger partial charge in [0.25, 0.3) is 0 Å². The molecule has 0 unspecified atom stereocenters. The van der Waals surface area contributed by atoms with Crippen LogP contribution >= 0.6 is 22.7 Å². The van der Waals surface area contributed by atoms with Crippen LogP contribution in [0, 0.1) is 0 Å². The minimum absolute atomic E-state index is 0.663. The van der Waals surface area contributed by atoms with Crippen LogP contribution < -0.4 is 0 Å². The van der Waals surface area contributed by atoms with Crippen molar-refractivity contribution in [2.24, 2.45) is 0 Å². The maximum atomic E-state index is 5.14. The Hall–Kier alpha value is -7.57. The van der Waals surface area contributed by atoms with Crippen molar-refractivity contribution in [3.05, 3.63) is 200 Å². The summed E-state index contributed by atoms with van der Waals surface area (Å²) < 4.78 is 4.96. The van der Waals surface area contributed by atoms with E-state index in [0.29, 0.717) is 17.5 Å². The van der Waals surface area contributed by atoms with E-state index >= 15 is 0 Å². The zero-order valence-corrected chi connectivity index (χ0v) is 34.8. The van der Waals surface area contributed by atoms with E-state index in [1.54, 1.807) is 11.3 Å². The van der Waals surface area contributed by atoms with Crippen LogP contribution in [0.2, 0.25) is 0 Å². The molecule has 10 aromatic carbocycles. The van der Waals surface area contributed by atoms with Gasteiger partial charge in [-0.2, -0.15) is 0 Å². The minimum atomic E-state index is 0.663. The van der Waals surface area contributed by atoms with E-state index in [9.17, 15) is 0 Å². The van der Waals surface area contributed by atoms with Crippen LogP contribution in [0.3, 0.4) is 0 Å². The van der Waals surface area contributed by atoms with Gasteiger partial charge in [-0.1, -0.05) is 164 Å². The smallest absolute Gasteiger partial charge is 0.164 e. The highest BCUT2D eigenvalue weighted by molar-refractivity contribution is 7.26. The molecule has 13 aromatic rings. The van der Waals surface area contributed by atoms with Gasteiger partial charge < -0.3 is 0 Å². The standard InChI is InChI=1S/C57H33N3S2/c1-2-11-34(12-3-1)55-58-56(39-23-27-47-46-19-8-9-20-51(46)61-53(47)32-39)60-57(59-55)40-24-28-49-48-26-22-38(31-52(48)62-54(49)33-40)36-14-10-13-35(29-36)37-21-25-45-43-17-5-4-15-41(43)42-16-6-7-18-44(42)50(45)30-37/h1-33H. The summed E-state index contributed by atoms with van der Waals surface area (Å²) in [5, 5.41) is 12.8. The number of aromatic nitrogens is 3. The highest BCUT2D eigenvalue weighted by Crippen LogP contribution is 2.41. The zero-order chi connectivity index (χ0) is 40.7. The summed E-state index contributed by atoms with van der Waals surface area (Å²) in [4.78, 5) is 15.3. The van der Waals surface area contributed by atoms with Crippen molar-refractivity contribution in [2.45, 2.75) is 0 Å². The van der Waals surface area contributed by atoms with E-state index in [1.165, 1.54) is 94.9 Å². The Morgan fingerprint density at radius 3 is 1.15 bits per heavy atom. The molecule has 0 aliphatic heterocycles. The molecule has 0 amide bonds. The van der Waals surface area contributed by atoms with Crippen molar-refractivity contribution >= 4 is 95.3 Å². The third-order valence-corrected chi connectivity index (χ3v) is 14.6. The minimum Gasteiger partial charge on any atom is -0.208 e. The van der Waals surface area contributed by atoms with Crippen molar-refractivity contribution < 1.29 is 0 Å².